The maximum Gasteiger partial charge on any atom is 0.0545 e. The zero-order valence-electron chi connectivity index (χ0n) is 8.33. The van der Waals surface area contributed by atoms with E-state index in [9.17, 15) is 0 Å². The third-order valence-electron chi connectivity index (χ3n) is 2.13. The molecule has 0 bridgehead atoms. The number of nitrogen functional groups attached to an aromatic ring is 1. The lowest BCUT2D eigenvalue weighted by molar-refractivity contribution is 0.292. The summed E-state index contributed by atoms with van der Waals surface area (Å²) in [6.45, 7) is 7.33. The molecule has 0 aliphatic rings. The van der Waals surface area contributed by atoms with Gasteiger partial charge in [0.2, 0.25) is 0 Å². The molecule has 0 saturated carbocycles. The minimum Gasteiger partial charge on any atom is -0.397 e. The highest BCUT2D eigenvalue weighted by Crippen LogP contribution is 2.04. The third-order valence-corrected chi connectivity index (χ3v) is 2.13. The lowest BCUT2D eigenvalue weighted by Crippen LogP contribution is -2.22. The summed E-state index contributed by atoms with van der Waals surface area (Å²) in [5.41, 5.74) is 7.35. The number of nitrogens with two attached hydrogens (primary N) is 1. The predicted octanol–water partition coefficient (Wildman–Crippen LogP) is 1.51. The van der Waals surface area contributed by atoms with E-state index in [0.717, 1.165) is 31.0 Å². The Kier molecular flexibility index (Phi) is 3.71. The zero-order chi connectivity index (χ0) is 9.68. The van der Waals surface area contributed by atoms with Gasteiger partial charge in [0.15, 0.2) is 0 Å². The molecule has 0 fully saturated rings. The van der Waals surface area contributed by atoms with Crippen molar-refractivity contribution in [3.05, 3.63) is 24.0 Å². The molecule has 0 radical (unpaired) electrons. The number of pyridine rings is 1. The average molecular weight is 179 g/mol. The fraction of sp³-hybridized carbons (Fsp3) is 0.500. The summed E-state index contributed by atoms with van der Waals surface area (Å²) in [4.78, 5) is 6.57. The van der Waals surface area contributed by atoms with Gasteiger partial charge >= 0.3 is 0 Å². The second-order valence-corrected chi connectivity index (χ2v) is 3.04. The molecule has 0 aliphatic heterocycles. The summed E-state index contributed by atoms with van der Waals surface area (Å²) in [5, 5.41) is 0. The molecular formula is C10H17N3. The maximum absolute atomic E-state index is 5.55. The number of nitrogens with zero attached hydrogens (tertiary/aromatic N) is 2. The number of rotatable bonds is 4. The quantitative estimate of drug-likeness (QED) is 0.761. The van der Waals surface area contributed by atoms with Crippen molar-refractivity contribution in [3.63, 3.8) is 0 Å². The summed E-state index contributed by atoms with van der Waals surface area (Å²) < 4.78 is 0. The largest absolute Gasteiger partial charge is 0.397 e. The van der Waals surface area contributed by atoms with Crippen LogP contribution in [0.4, 0.5) is 5.69 Å². The van der Waals surface area contributed by atoms with Crippen molar-refractivity contribution in [3.8, 4) is 0 Å². The van der Waals surface area contributed by atoms with E-state index in [1.54, 1.807) is 6.20 Å². The molecule has 0 saturated heterocycles. The SMILES string of the molecule is CCN(CC)Cc1ccc(N)cn1. The van der Waals surface area contributed by atoms with Crippen LogP contribution < -0.4 is 5.73 Å². The predicted molar refractivity (Wildman–Crippen MR) is 55.3 cm³/mol. The summed E-state index contributed by atoms with van der Waals surface area (Å²) in [7, 11) is 0. The van der Waals surface area contributed by atoms with Crippen LogP contribution in [-0.4, -0.2) is 23.0 Å². The van der Waals surface area contributed by atoms with Crippen LogP contribution in [0.3, 0.4) is 0 Å². The minimum atomic E-state index is 0.725. The molecule has 1 aromatic heterocycles. The van der Waals surface area contributed by atoms with Gasteiger partial charge in [0.05, 0.1) is 17.6 Å². The second kappa shape index (κ2) is 4.82. The lowest BCUT2D eigenvalue weighted by Gasteiger charge is -2.16. The first-order valence-electron chi connectivity index (χ1n) is 4.69. The van der Waals surface area contributed by atoms with Gasteiger partial charge in [-0.15, -0.1) is 0 Å². The fourth-order valence-corrected chi connectivity index (χ4v) is 1.21. The molecular weight excluding hydrogens is 162 g/mol. The number of aromatic nitrogens is 1. The maximum atomic E-state index is 5.55. The molecule has 3 nitrogen and oxygen atoms in total. The van der Waals surface area contributed by atoms with E-state index in [1.807, 2.05) is 12.1 Å². The molecule has 72 valence electrons. The van der Waals surface area contributed by atoms with Crippen molar-refractivity contribution in [2.45, 2.75) is 20.4 Å². The third kappa shape index (κ3) is 3.03. The Morgan fingerprint density at radius 1 is 1.31 bits per heavy atom. The molecule has 1 rings (SSSR count). The van der Waals surface area contributed by atoms with Crippen molar-refractivity contribution < 1.29 is 0 Å². The van der Waals surface area contributed by atoms with Gasteiger partial charge in [0.1, 0.15) is 0 Å². The first-order valence-corrected chi connectivity index (χ1v) is 4.69. The van der Waals surface area contributed by atoms with Crippen molar-refractivity contribution in [2.75, 3.05) is 18.8 Å². The van der Waals surface area contributed by atoms with Crippen molar-refractivity contribution in [1.82, 2.24) is 9.88 Å². The molecule has 0 aliphatic carbocycles. The standard InChI is InChI=1S/C10H17N3/c1-3-13(4-2)8-10-6-5-9(11)7-12-10/h5-7H,3-4,8,11H2,1-2H3. The van der Waals surface area contributed by atoms with Crippen LogP contribution in [0.5, 0.6) is 0 Å². The monoisotopic (exact) mass is 179 g/mol. The van der Waals surface area contributed by atoms with Crippen LogP contribution in [-0.2, 0) is 6.54 Å². The first kappa shape index (κ1) is 9.99. The van der Waals surface area contributed by atoms with E-state index < -0.39 is 0 Å². The molecule has 1 aromatic rings. The molecule has 0 amide bonds. The second-order valence-electron chi connectivity index (χ2n) is 3.04. The Balaban J connectivity index is 2.58. The van der Waals surface area contributed by atoms with Crippen LogP contribution in [0, 0.1) is 0 Å². The van der Waals surface area contributed by atoms with Gasteiger partial charge in [-0.2, -0.15) is 0 Å². The van der Waals surface area contributed by atoms with Crippen molar-refractivity contribution in [2.24, 2.45) is 0 Å². The van der Waals surface area contributed by atoms with E-state index in [4.69, 9.17) is 5.73 Å². The average Bonchev–Trinajstić information content (AvgIpc) is 2.17. The molecule has 0 spiro atoms. The molecule has 1 heterocycles. The van der Waals surface area contributed by atoms with Gasteiger partial charge in [-0.3, -0.25) is 9.88 Å². The zero-order valence-corrected chi connectivity index (χ0v) is 8.33. The molecule has 0 unspecified atom stereocenters. The van der Waals surface area contributed by atoms with Gasteiger partial charge < -0.3 is 5.73 Å². The molecule has 0 atom stereocenters. The van der Waals surface area contributed by atoms with Gasteiger partial charge in [-0.1, -0.05) is 13.8 Å². The Morgan fingerprint density at radius 2 is 2.00 bits per heavy atom. The van der Waals surface area contributed by atoms with Gasteiger partial charge in [-0.25, -0.2) is 0 Å². The number of hydrogen-bond acceptors (Lipinski definition) is 3. The Bertz CT molecular complexity index is 239. The van der Waals surface area contributed by atoms with Gasteiger partial charge in [0.25, 0.3) is 0 Å². The highest BCUT2D eigenvalue weighted by Gasteiger charge is 2.00. The van der Waals surface area contributed by atoms with Crippen LogP contribution in [0.15, 0.2) is 18.3 Å². The van der Waals surface area contributed by atoms with E-state index in [-0.39, 0.29) is 0 Å². The van der Waals surface area contributed by atoms with Crippen molar-refractivity contribution >= 4 is 5.69 Å². The summed E-state index contributed by atoms with van der Waals surface area (Å²) in [6, 6.07) is 3.87. The minimum absolute atomic E-state index is 0.725. The van der Waals surface area contributed by atoms with Crippen LogP contribution in [0.2, 0.25) is 0 Å². The van der Waals surface area contributed by atoms with E-state index >= 15 is 0 Å². The fourth-order valence-electron chi connectivity index (χ4n) is 1.21. The van der Waals surface area contributed by atoms with Crippen LogP contribution in [0.1, 0.15) is 19.5 Å². The van der Waals surface area contributed by atoms with Crippen molar-refractivity contribution in [1.29, 1.82) is 0 Å². The highest BCUT2D eigenvalue weighted by atomic mass is 15.1. The van der Waals surface area contributed by atoms with E-state index in [2.05, 4.69) is 23.7 Å². The topological polar surface area (TPSA) is 42.1 Å². The van der Waals surface area contributed by atoms with E-state index in [1.165, 1.54) is 0 Å². The highest BCUT2D eigenvalue weighted by molar-refractivity contribution is 5.34. The van der Waals surface area contributed by atoms with Crippen LogP contribution >= 0.6 is 0 Å². The summed E-state index contributed by atoms with van der Waals surface area (Å²) in [6.07, 6.45) is 1.71. The Morgan fingerprint density at radius 3 is 2.46 bits per heavy atom. The molecule has 3 heteroatoms. The normalized spacial score (nSPS) is 10.7. The van der Waals surface area contributed by atoms with Crippen LogP contribution in [0.25, 0.3) is 0 Å². The number of anilines is 1. The summed E-state index contributed by atoms with van der Waals surface area (Å²) >= 11 is 0. The van der Waals surface area contributed by atoms with Gasteiger partial charge in [0, 0.05) is 6.54 Å². The molecule has 2 N–H and O–H groups in total. The number of hydrogen-bond donors (Lipinski definition) is 1. The van der Waals surface area contributed by atoms with E-state index in [0.29, 0.717) is 0 Å². The Labute approximate surface area is 79.6 Å². The Hall–Kier alpha value is -1.09. The lowest BCUT2D eigenvalue weighted by atomic mass is 10.3. The smallest absolute Gasteiger partial charge is 0.0545 e. The van der Waals surface area contributed by atoms with Gasteiger partial charge in [-0.05, 0) is 25.2 Å². The molecule has 13 heavy (non-hydrogen) atoms. The summed E-state index contributed by atoms with van der Waals surface area (Å²) in [5.74, 6) is 0. The molecule has 0 aromatic carbocycles. The first-order chi connectivity index (χ1) is 6.26.